The molecule has 1 atom stereocenters. The van der Waals surface area contributed by atoms with E-state index in [2.05, 4.69) is 9.47 Å². The molecule has 0 bridgehead atoms. The zero-order valence-electron chi connectivity index (χ0n) is 12.3. The van der Waals surface area contributed by atoms with Crippen LogP contribution in [-0.2, 0) is 25.2 Å². The molecule has 0 unspecified atom stereocenters. The second-order valence-corrected chi connectivity index (χ2v) is 4.37. The molecule has 0 aromatic heterocycles. The van der Waals surface area contributed by atoms with E-state index in [0.29, 0.717) is 0 Å². The molecule has 0 saturated heterocycles. The molecule has 6 nitrogen and oxygen atoms in total. The van der Waals surface area contributed by atoms with Crippen LogP contribution in [0.25, 0.3) is 0 Å². The van der Waals surface area contributed by atoms with Gasteiger partial charge in [-0.1, -0.05) is 12.1 Å². The topological polar surface area (TPSA) is 81.7 Å². The molecule has 0 aliphatic heterocycles. The maximum atomic E-state index is 12.9. The molecule has 1 aromatic carbocycles. The summed E-state index contributed by atoms with van der Waals surface area (Å²) >= 11 is 0. The number of ether oxygens (including phenoxy) is 2. The van der Waals surface area contributed by atoms with Crippen LogP contribution in [0.1, 0.15) is 22.3 Å². The van der Waals surface area contributed by atoms with Crippen LogP contribution >= 0.6 is 0 Å². The Bertz CT molecular complexity index is 600. The van der Waals surface area contributed by atoms with Gasteiger partial charge in [-0.25, -0.2) is 4.79 Å². The van der Waals surface area contributed by atoms with E-state index in [-0.39, 0.29) is 0 Å². The number of rotatable bonds is 5. The molecule has 126 valence electrons. The van der Waals surface area contributed by atoms with Crippen LogP contribution in [0.4, 0.5) is 13.2 Å². The van der Waals surface area contributed by atoms with Crippen molar-refractivity contribution >= 4 is 17.8 Å². The van der Waals surface area contributed by atoms with Gasteiger partial charge >= 0.3 is 18.1 Å². The van der Waals surface area contributed by atoms with Gasteiger partial charge in [0.05, 0.1) is 31.8 Å². The molecule has 1 aromatic rings. The van der Waals surface area contributed by atoms with Crippen LogP contribution in [0.15, 0.2) is 24.3 Å². The minimum Gasteiger partial charge on any atom is -0.469 e. The van der Waals surface area contributed by atoms with Crippen LogP contribution in [0.5, 0.6) is 0 Å². The highest BCUT2D eigenvalue weighted by molar-refractivity contribution is 5.98. The molecular weight excluding hydrogens is 319 g/mol. The van der Waals surface area contributed by atoms with Crippen molar-refractivity contribution in [1.82, 2.24) is 5.32 Å². The zero-order valence-corrected chi connectivity index (χ0v) is 12.3. The molecule has 0 heterocycles. The predicted octanol–water partition coefficient (Wildman–Crippen LogP) is 1.54. The minimum atomic E-state index is -4.74. The van der Waals surface area contributed by atoms with Crippen molar-refractivity contribution in [3.05, 3.63) is 35.4 Å². The number of alkyl halides is 3. The Kier molecular flexibility index (Phi) is 6.11. The Balaban J connectivity index is 3.04. The third kappa shape index (κ3) is 4.97. The molecule has 1 rings (SSSR count). The number of nitrogens with one attached hydrogen (secondary N) is 1. The van der Waals surface area contributed by atoms with Crippen molar-refractivity contribution in [3.63, 3.8) is 0 Å². The second-order valence-electron chi connectivity index (χ2n) is 4.37. The Morgan fingerprint density at radius 2 is 1.74 bits per heavy atom. The molecule has 0 saturated carbocycles. The number of carbonyl (C=O) groups is 3. The third-order valence-electron chi connectivity index (χ3n) is 2.87. The highest BCUT2D eigenvalue weighted by Gasteiger charge is 2.36. The first kappa shape index (κ1) is 18.5. The summed E-state index contributed by atoms with van der Waals surface area (Å²) in [6, 6.07) is 2.62. The molecule has 0 spiro atoms. The highest BCUT2D eigenvalue weighted by atomic mass is 19.4. The van der Waals surface area contributed by atoms with Crippen molar-refractivity contribution in [1.29, 1.82) is 0 Å². The molecule has 0 aliphatic rings. The molecule has 0 aliphatic carbocycles. The van der Waals surface area contributed by atoms with E-state index in [1.165, 1.54) is 6.07 Å². The normalized spacial score (nSPS) is 12.2. The molecule has 9 heteroatoms. The average molecular weight is 333 g/mol. The van der Waals surface area contributed by atoms with Gasteiger partial charge in [-0.15, -0.1) is 0 Å². The largest absolute Gasteiger partial charge is 0.469 e. The fraction of sp³-hybridized carbons (Fsp3) is 0.357. The number of methoxy groups -OCH3 is 2. The predicted molar refractivity (Wildman–Crippen MR) is 71.3 cm³/mol. The lowest BCUT2D eigenvalue weighted by atomic mass is 10.1. The molecule has 1 N–H and O–H groups in total. The first-order valence-corrected chi connectivity index (χ1v) is 6.32. The van der Waals surface area contributed by atoms with E-state index >= 15 is 0 Å². The van der Waals surface area contributed by atoms with Crippen molar-refractivity contribution in [2.24, 2.45) is 0 Å². The van der Waals surface area contributed by atoms with Crippen molar-refractivity contribution < 1.29 is 37.0 Å². The van der Waals surface area contributed by atoms with Gasteiger partial charge in [-0.2, -0.15) is 13.2 Å². The summed E-state index contributed by atoms with van der Waals surface area (Å²) in [5.41, 5.74) is -1.82. The summed E-state index contributed by atoms with van der Waals surface area (Å²) in [4.78, 5) is 34.8. The lowest BCUT2D eigenvalue weighted by molar-refractivity contribution is -0.149. The number of amides is 1. The SMILES string of the molecule is COC(=O)C[C@H](NC(=O)c1ccccc1C(F)(F)F)C(=O)OC. The van der Waals surface area contributed by atoms with Crippen LogP contribution in [0.2, 0.25) is 0 Å². The lowest BCUT2D eigenvalue weighted by Crippen LogP contribution is -2.43. The number of benzene rings is 1. The van der Waals surface area contributed by atoms with Crippen LogP contribution < -0.4 is 5.32 Å². The van der Waals surface area contributed by atoms with E-state index < -0.39 is 47.6 Å². The lowest BCUT2D eigenvalue weighted by Gasteiger charge is -2.17. The van der Waals surface area contributed by atoms with E-state index in [1.807, 2.05) is 5.32 Å². The Morgan fingerprint density at radius 1 is 1.13 bits per heavy atom. The van der Waals surface area contributed by atoms with Crippen molar-refractivity contribution in [2.45, 2.75) is 18.6 Å². The third-order valence-corrected chi connectivity index (χ3v) is 2.87. The first-order valence-electron chi connectivity index (χ1n) is 6.32. The zero-order chi connectivity index (χ0) is 17.6. The van der Waals surface area contributed by atoms with Gasteiger partial charge in [0.1, 0.15) is 6.04 Å². The van der Waals surface area contributed by atoms with Gasteiger partial charge in [0, 0.05) is 0 Å². The highest BCUT2D eigenvalue weighted by Crippen LogP contribution is 2.31. The summed E-state index contributed by atoms with van der Waals surface area (Å²) in [5, 5.41) is 2.05. The monoisotopic (exact) mass is 333 g/mol. The van der Waals surface area contributed by atoms with Crippen molar-refractivity contribution in [2.75, 3.05) is 14.2 Å². The van der Waals surface area contributed by atoms with Gasteiger partial charge < -0.3 is 14.8 Å². The number of hydrogen-bond acceptors (Lipinski definition) is 5. The van der Waals surface area contributed by atoms with Gasteiger partial charge in [0.25, 0.3) is 5.91 Å². The Morgan fingerprint density at radius 3 is 2.26 bits per heavy atom. The summed E-state index contributed by atoms with van der Waals surface area (Å²) in [7, 11) is 2.08. The van der Waals surface area contributed by atoms with Gasteiger partial charge in [0.2, 0.25) is 0 Å². The summed E-state index contributed by atoms with van der Waals surface area (Å²) < 4.78 is 47.4. The number of carbonyl (C=O) groups excluding carboxylic acids is 3. The van der Waals surface area contributed by atoms with E-state index in [4.69, 9.17) is 0 Å². The number of hydrogen-bond donors (Lipinski definition) is 1. The van der Waals surface area contributed by atoms with E-state index in [9.17, 15) is 27.6 Å². The smallest absolute Gasteiger partial charge is 0.417 e. The van der Waals surface area contributed by atoms with Crippen LogP contribution in [-0.4, -0.2) is 38.1 Å². The number of halogens is 3. The fourth-order valence-electron chi connectivity index (χ4n) is 1.75. The van der Waals surface area contributed by atoms with Gasteiger partial charge in [0.15, 0.2) is 0 Å². The fourth-order valence-corrected chi connectivity index (χ4v) is 1.75. The Labute approximate surface area is 129 Å². The first-order chi connectivity index (χ1) is 10.7. The van der Waals surface area contributed by atoms with E-state index in [1.54, 1.807) is 0 Å². The summed E-state index contributed by atoms with van der Waals surface area (Å²) in [6.07, 6.45) is -5.31. The molecular formula is C14H14F3NO5. The van der Waals surface area contributed by atoms with Gasteiger partial charge in [-0.05, 0) is 12.1 Å². The summed E-state index contributed by atoms with van der Waals surface area (Å²) in [5.74, 6) is -2.96. The number of esters is 2. The van der Waals surface area contributed by atoms with E-state index in [0.717, 1.165) is 32.4 Å². The van der Waals surface area contributed by atoms with Crippen LogP contribution in [0, 0.1) is 0 Å². The standard InChI is InChI=1S/C14H14F3NO5/c1-22-11(19)7-10(13(21)23-2)18-12(20)8-5-3-4-6-9(8)14(15,16)17/h3-6,10H,7H2,1-2H3,(H,18,20)/t10-/m0/s1. The quantitative estimate of drug-likeness (QED) is 0.827. The maximum Gasteiger partial charge on any atom is 0.417 e. The molecule has 0 fully saturated rings. The minimum absolute atomic E-state index is 0.566. The van der Waals surface area contributed by atoms with Crippen LogP contribution in [0.3, 0.4) is 0 Å². The second kappa shape index (κ2) is 7.61. The summed E-state index contributed by atoms with van der Waals surface area (Å²) in [6.45, 7) is 0. The van der Waals surface area contributed by atoms with Gasteiger partial charge in [-0.3, -0.25) is 9.59 Å². The molecule has 23 heavy (non-hydrogen) atoms. The maximum absolute atomic E-state index is 12.9. The average Bonchev–Trinajstić information content (AvgIpc) is 2.52. The molecule has 1 amide bonds. The Hall–Kier alpha value is -2.58. The molecule has 0 radical (unpaired) electrons. The van der Waals surface area contributed by atoms with Crippen molar-refractivity contribution in [3.8, 4) is 0 Å².